The first kappa shape index (κ1) is 17.5. The lowest BCUT2D eigenvalue weighted by Crippen LogP contribution is -2.38. The first-order chi connectivity index (χ1) is 10.8. The molecule has 0 bridgehead atoms. The third kappa shape index (κ3) is 3.92. The molecule has 2 aromatic rings. The van der Waals surface area contributed by atoms with E-state index in [1.807, 2.05) is 11.0 Å². The van der Waals surface area contributed by atoms with Crippen LogP contribution in [0.1, 0.15) is 35.4 Å². The monoisotopic (exact) mass is 330 g/mol. The molecular weight excluding hydrogens is 308 g/mol. The molecule has 3 rings (SSSR count). The Morgan fingerprint density at radius 3 is 2.52 bits per heavy atom. The number of rotatable bonds is 4. The fourth-order valence-corrected chi connectivity index (χ4v) is 3.18. The van der Waals surface area contributed by atoms with Crippen LogP contribution >= 0.6 is 12.4 Å². The second-order valence-corrected chi connectivity index (χ2v) is 5.83. The van der Waals surface area contributed by atoms with Crippen LogP contribution in [0.5, 0.6) is 0 Å². The van der Waals surface area contributed by atoms with E-state index in [2.05, 4.69) is 48.5 Å². The van der Waals surface area contributed by atoms with Crippen LogP contribution in [0.2, 0.25) is 0 Å². The zero-order chi connectivity index (χ0) is 15.4. The maximum absolute atomic E-state index is 12.4. The van der Waals surface area contributed by atoms with Gasteiger partial charge in [-0.2, -0.15) is 0 Å². The fraction of sp³-hybridized carbons (Fsp3) is 0.316. The van der Waals surface area contributed by atoms with E-state index in [0.29, 0.717) is 19.5 Å². The summed E-state index contributed by atoms with van der Waals surface area (Å²) >= 11 is 0. The number of halogens is 1. The average Bonchev–Trinajstić information content (AvgIpc) is 2.59. The van der Waals surface area contributed by atoms with Gasteiger partial charge in [0.25, 0.3) is 0 Å². The topological polar surface area (TPSA) is 46.3 Å². The predicted molar refractivity (Wildman–Crippen MR) is 95.7 cm³/mol. The zero-order valence-corrected chi connectivity index (χ0v) is 14.0. The molecule has 1 heterocycles. The van der Waals surface area contributed by atoms with Gasteiger partial charge in [0.2, 0.25) is 5.91 Å². The summed E-state index contributed by atoms with van der Waals surface area (Å²) in [6.45, 7) is 2.03. The van der Waals surface area contributed by atoms with Crippen LogP contribution in [-0.4, -0.2) is 23.9 Å². The van der Waals surface area contributed by atoms with E-state index in [4.69, 9.17) is 5.73 Å². The highest BCUT2D eigenvalue weighted by atomic mass is 35.5. The lowest BCUT2D eigenvalue weighted by Gasteiger charge is -2.35. The normalized spacial score (nSPS) is 16.4. The summed E-state index contributed by atoms with van der Waals surface area (Å²) in [5.41, 5.74) is 9.40. The van der Waals surface area contributed by atoms with E-state index in [0.717, 1.165) is 13.0 Å². The van der Waals surface area contributed by atoms with Gasteiger partial charge in [0.05, 0.1) is 0 Å². The summed E-state index contributed by atoms with van der Waals surface area (Å²) in [6.07, 6.45) is 1.30. The summed E-state index contributed by atoms with van der Waals surface area (Å²) in [5, 5.41) is 0. The molecule has 1 amide bonds. The quantitative estimate of drug-likeness (QED) is 0.934. The molecule has 0 saturated heterocycles. The van der Waals surface area contributed by atoms with Crippen LogP contribution < -0.4 is 5.73 Å². The highest BCUT2D eigenvalue weighted by molar-refractivity contribution is 5.85. The number of carbonyl (C=O) groups excluding carboxylic acids is 1. The Bertz CT molecular complexity index is 645. The molecule has 23 heavy (non-hydrogen) atoms. The molecule has 2 N–H and O–H groups in total. The Kier molecular flexibility index (Phi) is 6.20. The largest absolute Gasteiger partial charge is 0.337 e. The van der Waals surface area contributed by atoms with Gasteiger partial charge in [-0.15, -0.1) is 12.4 Å². The van der Waals surface area contributed by atoms with Crippen molar-refractivity contribution in [1.82, 2.24) is 4.90 Å². The Morgan fingerprint density at radius 2 is 1.78 bits per heavy atom. The summed E-state index contributed by atoms with van der Waals surface area (Å²) in [6, 6.07) is 18.9. The molecule has 1 aliphatic rings. The number of hydrogen-bond acceptors (Lipinski definition) is 2. The van der Waals surface area contributed by atoms with Crippen molar-refractivity contribution in [3.05, 3.63) is 71.3 Å². The van der Waals surface area contributed by atoms with E-state index >= 15 is 0 Å². The van der Waals surface area contributed by atoms with Gasteiger partial charge < -0.3 is 10.6 Å². The number of nitrogens with zero attached hydrogens (tertiary/aromatic N) is 1. The standard InChI is InChI=1S/C19H22N2O.ClH/c20-12-6-11-19(22)21-13-16-9-4-5-10-17(16)18(14-21)15-7-2-1-3-8-15;/h1-5,7-10,18H,6,11-14,20H2;1H. The van der Waals surface area contributed by atoms with Crippen molar-refractivity contribution in [2.45, 2.75) is 25.3 Å². The Balaban J connectivity index is 0.00000192. The van der Waals surface area contributed by atoms with Crippen molar-refractivity contribution in [1.29, 1.82) is 0 Å². The molecule has 4 heteroatoms. The molecule has 122 valence electrons. The van der Waals surface area contributed by atoms with Crippen molar-refractivity contribution in [2.24, 2.45) is 5.73 Å². The van der Waals surface area contributed by atoms with Crippen LogP contribution in [0.3, 0.4) is 0 Å². The van der Waals surface area contributed by atoms with E-state index in [-0.39, 0.29) is 24.2 Å². The number of benzene rings is 2. The number of fused-ring (bicyclic) bond motifs is 1. The summed E-state index contributed by atoms with van der Waals surface area (Å²) in [5.74, 6) is 0.467. The Morgan fingerprint density at radius 1 is 1.09 bits per heavy atom. The Hall–Kier alpha value is -1.84. The SMILES string of the molecule is Cl.NCCCC(=O)N1Cc2ccccc2C(c2ccccc2)C1. The van der Waals surface area contributed by atoms with E-state index in [1.54, 1.807) is 0 Å². The maximum atomic E-state index is 12.4. The average molecular weight is 331 g/mol. The van der Waals surface area contributed by atoms with Gasteiger partial charge in [-0.05, 0) is 29.7 Å². The minimum absolute atomic E-state index is 0. The van der Waals surface area contributed by atoms with Crippen molar-refractivity contribution < 1.29 is 4.79 Å². The third-order valence-electron chi connectivity index (χ3n) is 4.34. The van der Waals surface area contributed by atoms with Gasteiger partial charge >= 0.3 is 0 Å². The maximum Gasteiger partial charge on any atom is 0.222 e. The molecule has 1 aliphatic heterocycles. The number of hydrogen-bond donors (Lipinski definition) is 1. The molecule has 0 aliphatic carbocycles. The van der Waals surface area contributed by atoms with Gasteiger partial charge in [-0.3, -0.25) is 4.79 Å². The molecule has 0 saturated carbocycles. The smallest absolute Gasteiger partial charge is 0.222 e. The molecule has 0 radical (unpaired) electrons. The highest BCUT2D eigenvalue weighted by Crippen LogP contribution is 2.33. The van der Waals surface area contributed by atoms with E-state index in [9.17, 15) is 4.79 Å². The van der Waals surface area contributed by atoms with Crippen molar-refractivity contribution in [2.75, 3.05) is 13.1 Å². The van der Waals surface area contributed by atoms with Crippen molar-refractivity contribution in [3.8, 4) is 0 Å². The number of carbonyl (C=O) groups is 1. The van der Waals surface area contributed by atoms with Crippen molar-refractivity contribution in [3.63, 3.8) is 0 Å². The summed E-state index contributed by atoms with van der Waals surface area (Å²) in [4.78, 5) is 14.4. The van der Waals surface area contributed by atoms with Crippen LogP contribution in [0.25, 0.3) is 0 Å². The molecule has 0 spiro atoms. The summed E-state index contributed by atoms with van der Waals surface area (Å²) in [7, 11) is 0. The molecule has 3 nitrogen and oxygen atoms in total. The zero-order valence-electron chi connectivity index (χ0n) is 13.2. The molecule has 2 aromatic carbocycles. The Labute approximate surface area is 143 Å². The van der Waals surface area contributed by atoms with Crippen LogP contribution in [0.4, 0.5) is 0 Å². The lowest BCUT2D eigenvalue weighted by atomic mass is 9.84. The van der Waals surface area contributed by atoms with Crippen LogP contribution in [0.15, 0.2) is 54.6 Å². The minimum Gasteiger partial charge on any atom is -0.337 e. The lowest BCUT2D eigenvalue weighted by molar-refractivity contribution is -0.132. The van der Waals surface area contributed by atoms with Crippen molar-refractivity contribution >= 4 is 18.3 Å². The molecule has 1 atom stereocenters. The molecule has 0 fully saturated rings. The third-order valence-corrected chi connectivity index (χ3v) is 4.34. The van der Waals surface area contributed by atoms with Gasteiger partial charge in [-0.25, -0.2) is 0 Å². The van der Waals surface area contributed by atoms with E-state index in [1.165, 1.54) is 16.7 Å². The fourth-order valence-electron chi connectivity index (χ4n) is 3.18. The number of nitrogens with two attached hydrogens (primary N) is 1. The molecule has 1 unspecified atom stereocenters. The van der Waals surface area contributed by atoms with Gasteiger partial charge in [0.1, 0.15) is 0 Å². The van der Waals surface area contributed by atoms with Gasteiger partial charge in [-0.1, -0.05) is 54.6 Å². The number of amides is 1. The first-order valence-corrected chi connectivity index (χ1v) is 7.90. The minimum atomic E-state index is 0. The van der Waals surface area contributed by atoms with Gasteiger partial charge in [0, 0.05) is 25.4 Å². The second-order valence-electron chi connectivity index (χ2n) is 5.83. The predicted octanol–water partition coefficient (Wildman–Crippen LogP) is 3.32. The van der Waals surface area contributed by atoms with E-state index < -0.39 is 0 Å². The summed E-state index contributed by atoms with van der Waals surface area (Å²) < 4.78 is 0. The highest BCUT2D eigenvalue weighted by Gasteiger charge is 2.28. The molecule has 0 aromatic heterocycles. The molecular formula is C19H23ClN2O. The van der Waals surface area contributed by atoms with Crippen LogP contribution in [0, 0.1) is 0 Å². The van der Waals surface area contributed by atoms with Gasteiger partial charge in [0.15, 0.2) is 0 Å². The van der Waals surface area contributed by atoms with Crippen LogP contribution in [-0.2, 0) is 11.3 Å². The first-order valence-electron chi connectivity index (χ1n) is 7.90. The second kappa shape index (κ2) is 8.14.